The molecule has 1 aromatic rings. The number of nitrogens with zero attached hydrogens (tertiary/aromatic N) is 3. The van der Waals surface area contributed by atoms with Crippen molar-refractivity contribution in [3.63, 3.8) is 0 Å². The van der Waals surface area contributed by atoms with Crippen molar-refractivity contribution >= 4 is 11.9 Å². The molecule has 0 bridgehead atoms. The minimum absolute atomic E-state index is 0.000278. The highest BCUT2D eigenvalue weighted by Gasteiger charge is 2.05. The van der Waals surface area contributed by atoms with Crippen LogP contribution in [0, 0.1) is 0 Å². The summed E-state index contributed by atoms with van der Waals surface area (Å²) in [5, 5.41) is 0. The molecule has 0 fully saturated rings. The molecule has 0 aromatic carbocycles. The first-order valence-corrected chi connectivity index (χ1v) is 3.89. The van der Waals surface area contributed by atoms with Crippen molar-refractivity contribution in [3.8, 4) is 0 Å². The maximum absolute atomic E-state index is 10.6. The highest BCUT2D eigenvalue weighted by atomic mass is 16.1. The number of aromatic nitrogens is 3. The van der Waals surface area contributed by atoms with Crippen LogP contribution in [0.2, 0.25) is 0 Å². The van der Waals surface area contributed by atoms with E-state index in [9.17, 15) is 4.79 Å². The predicted molar refractivity (Wildman–Crippen MR) is 46.5 cm³/mol. The van der Waals surface area contributed by atoms with Crippen LogP contribution in [0.15, 0.2) is 0 Å². The fourth-order valence-electron chi connectivity index (χ4n) is 0.881. The molecule has 1 heterocycles. The lowest BCUT2D eigenvalue weighted by atomic mass is 10.4. The van der Waals surface area contributed by atoms with Gasteiger partial charge in [0.15, 0.2) is 0 Å². The third-order valence-electron chi connectivity index (χ3n) is 1.39. The van der Waals surface area contributed by atoms with Crippen molar-refractivity contribution < 1.29 is 4.79 Å². The molecule has 0 unspecified atom stereocenters. The van der Waals surface area contributed by atoms with Gasteiger partial charge in [0.2, 0.25) is 11.9 Å². The van der Waals surface area contributed by atoms with Gasteiger partial charge >= 0.3 is 0 Å². The Kier molecular flexibility index (Phi) is 2.73. The van der Waals surface area contributed by atoms with Gasteiger partial charge < -0.3 is 11.5 Å². The lowest BCUT2D eigenvalue weighted by Crippen LogP contribution is -2.17. The number of rotatable bonds is 3. The van der Waals surface area contributed by atoms with Crippen molar-refractivity contribution in [1.29, 1.82) is 0 Å². The summed E-state index contributed by atoms with van der Waals surface area (Å²) in [4.78, 5) is 22.2. The second-order valence-corrected chi connectivity index (χ2v) is 2.52. The van der Waals surface area contributed by atoms with Gasteiger partial charge in [-0.1, -0.05) is 6.92 Å². The lowest BCUT2D eigenvalue weighted by Gasteiger charge is -2.00. The number of nitrogens with two attached hydrogens (primary N) is 2. The number of hydrogen-bond donors (Lipinski definition) is 2. The molecule has 0 aliphatic rings. The van der Waals surface area contributed by atoms with E-state index in [1.807, 2.05) is 6.92 Å². The zero-order valence-corrected chi connectivity index (χ0v) is 7.32. The maximum Gasteiger partial charge on any atom is 0.225 e. The molecule has 1 rings (SSSR count). The number of aryl methyl sites for hydroxylation is 1. The Bertz CT molecular complexity index is 325. The fraction of sp³-hybridized carbons (Fsp3) is 0.429. The van der Waals surface area contributed by atoms with Gasteiger partial charge in [0, 0.05) is 6.42 Å². The van der Waals surface area contributed by atoms with E-state index in [1.54, 1.807) is 0 Å². The molecule has 0 radical (unpaired) electrons. The van der Waals surface area contributed by atoms with Crippen LogP contribution >= 0.6 is 0 Å². The van der Waals surface area contributed by atoms with Crippen LogP contribution < -0.4 is 11.5 Å². The quantitative estimate of drug-likeness (QED) is 0.624. The van der Waals surface area contributed by atoms with Crippen molar-refractivity contribution in [2.24, 2.45) is 5.73 Å². The molecular weight excluding hydrogens is 170 g/mol. The minimum Gasteiger partial charge on any atom is -0.369 e. The average molecular weight is 181 g/mol. The molecule has 0 aliphatic carbocycles. The summed E-state index contributed by atoms with van der Waals surface area (Å²) in [5.74, 6) is 0.552. The van der Waals surface area contributed by atoms with E-state index in [4.69, 9.17) is 11.5 Å². The standard InChI is InChI=1S/C7H11N5O/c1-2-5-10-6(3-4(8)13)12-7(9)11-5/h2-3H2,1H3,(H2,8,13)(H2,9,10,11,12). The topological polar surface area (TPSA) is 108 Å². The molecular formula is C7H11N5O. The van der Waals surface area contributed by atoms with E-state index < -0.39 is 5.91 Å². The number of amides is 1. The van der Waals surface area contributed by atoms with Gasteiger partial charge in [0.05, 0.1) is 6.42 Å². The second-order valence-electron chi connectivity index (χ2n) is 2.52. The third kappa shape index (κ3) is 2.66. The monoisotopic (exact) mass is 181 g/mol. The van der Waals surface area contributed by atoms with E-state index in [0.717, 1.165) is 0 Å². The SMILES string of the molecule is CCc1nc(N)nc(CC(N)=O)n1. The lowest BCUT2D eigenvalue weighted by molar-refractivity contribution is -0.117. The van der Waals surface area contributed by atoms with Crippen molar-refractivity contribution in [3.05, 3.63) is 11.6 Å². The number of anilines is 1. The van der Waals surface area contributed by atoms with Crippen molar-refractivity contribution in [2.45, 2.75) is 19.8 Å². The van der Waals surface area contributed by atoms with E-state index in [2.05, 4.69) is 15.0 Å². The first-order chi connectivity index (χ1) is 6.11. The van der Waals surface area contributed by atoms with Gasteiger partial charge in [-0.3, -0.25) is 4.79 Å². The van der Waals surface area contributed by atoms with E-state index >= 15 is 0 Å². The summed E-state index contributed by atoms with van der Waals surface area (Å²) in [6.45, 7) is 1.89. The zero-order valence-electron chi connectivity index (χ0n) is 7.32. The smallest absolute Gasteiger partial charge is 0.225 e. The average Bonchev–Trinajstić information content (AvgIpc) is 2.01. The normalized spacial score (nSPS) is 9.92. The van der Waals surface area contributed by atoms with Crippen LogP contribution in [0.4, 0.5) is 5.95 Å². The summed E-state index contributed by atoms with van der Waals surface area (Å²) in [5.41, 5.74) is 10.4. The molecule has 0 saturated heterocycles. The number of carbonyl (C=O) groups is 1. The third-order valence-corrected chi connectivity index (χ3v) is 1.39. The van der Waals surface area contributed by atoms with Gasteiger partial charge in [-0.15, -0.1) is 0 Å². The fourth-order valence-corrected chi connectivity index (χ4v) is 0.881. The first kappa shape index (κ1) is 9.37. The Hall–Kier alpha value is -1.72. The van der Waals surface area contributed by atoms with Crippen molar-refractivity contribution in [1.82, 2.24) is 15.0 Å². The largest absolute Gasteiger partial charge is 0.369 e. The van der Waals surface area contributed by atoms with Gasteiger partial charge in [0.25, 0.3) is 0 Å². The molecule has 0 spiro atoms. The molecule has 70 valence electrons. The van der Waals surface area contributed by atoms with Crippen molar-refractivity contribution in [2.75, 3.05) is 5.73 Å². The van der Waals surface area contributed by atoms with Crippen LogP contribution in [-0.2, 0) is 17.6 Å². The highest BCUT2D eigenvalue weighted by molar-refractivity contribution is 5.75. The minimum atomic E-state index is -0.479. The molecule has 13 heavy (non-hydrogen) atoms. The zero-order chi connectivity index (χ0) is 9.84. The summed E-state index contributed by atoms with van der Waals surface area (Å²) in [6, 6.07) is 0. The summed E-state index contributed by atoms with van der Waals surface area (Å²) >= 11 is 0. The molecule has 4 N–H and O–H groups in total. The van der Waals surface area contributed by atoms with Crippen LogP contribution in [0.1, 0.15) is 18.6 Å². The van der Waals surface area contributed by atoms with E-state index in [-0.39, 0.29) is 12.4 Å². The number of carbonyl (C=O) groups excluding carboxylic acids is 1. The summed E-state index contributed by atoms with van der Waals surface area (Å²) in [6.07, 6.45) is 0.651. The first-order valence-electron chi connectivity index (χ1n) is 3.89. The van der Waals surface area contributed by atoms with Gasteiger partial charge in [-0.25, -0.2) is 4.98 Å². The van der Waals surface area contributed by atoms with Crippen LogP contribution in [0.3, 0.4) is 0 Å². The summed E-state index contributed by atoms with van der Waals surface area (Å²) < 4.78 is 0. The van der Waals surface area contributed by atoms with Crippen LogP contribution in [0.25, 0.3) is 0 Å². The molecule has 6 nitrogen and oxygen atoms in total. The molecule has 1 amide bonds. The molecule has 1 aromatic heterocycles. The van der Waals surface area contributed by atoms with E-state index in [0.29, 0.717) is 18.1 Å². The predicted octanol–water partition coefficient (Wildman–Crippen LogP) is -0.956. The maximum atomic E-state index is 10.6. The number of hydrogen-bond acceptors (Lipinski definition) is 5. The molecule has 0 saturated carbocycles. The van der Waals surface area contributed by atoms with Gasteiger partial charge in [-0.05, 0) is 0 Å². The van der Waals surface area contributed by atoms with Crippen LogP contribution in [-0.4, -0.2) is 20.9 Å². The Morgan fingerprint density at radius 1 is 1.31 bits per heavy atom. The number of nitrogen functional groups attached to an aromatic ring is 1. The molecule has 0 atom stereocenters. The Balaban J connectivity index is 2.94. The van der Waals surface area contributed by atoms with Crippen LogP contribution in [0.5, 0.6) is 0 Å². The van der Waals surface area contributed by atoms with Gasteiger partial charge in [0.1, 0.15) is 11.6 Å². The highest BCUT2D eigenvalue weighted by Crippen LogP contribution is 1.98. The second kappa shape index (κ2) is 3.79. The molecule has 0 aliphatic heterocycles. The summed E-state index contributed by atoms with van der Waals surface area (Å²) in [7, 11) is 0. The molecule has 6 heteroatoms. The van der Waals surface area contributed by atoms with E-state index in [1.165, 1.54) is 0 Å². The Morgan fingerprint density at radius 2 is 1.92 bits per heavy atom. The number of primary amides is 1. The van der Waals surface area contributed by atoms with Gasteiger partial charge in [-0.2, -0.15) is 9.97 Å². The Morgan fingerprint density at radius 3 is 2.46 bits per heavy atom. The Labute approximate surface area is 75.4 Å².